The third kappa shape index (κ3) is 3.17. The maximum Gasteiger partial charge on any atom is 0.573 e. The lowest BCUT2D eigenvalue weighted by Gasteiger charge is -2.15. The molecule has 2 rings (SSSR count). The van der Waals surface area contributed by atoms with Crippen LogP contribution >= 0.6 is 15.9 Å². The van der Waals surface area contributed by atoms with E-state index in [2.05, 4.69) is 20.7 Å². The van der Waals surface area contributed by atoms with Gasteiger partial charge in [-0.25, -0.2) is 0 Å². The molecule has 0 aliphatic rings. The number of nitrogens with zero attached hydrogens (tertiary/aromatic N) is 1. The molecule has 0 radical (unpaired) electrons. The molecule has 0 N–H and O–H groups in total. The molecule has 3 nitrogen and oxygen atoms in total. The fraction of sp³-hybridized carbons (Fsp3) is 0.0833. The van der Waals surface area contributed by atoms with E-state index in [1.807, 2.05) is 0 Å². The van der Waals surface area contributed by atoms with Crippen LogP contribution < -0.4 is 4.74 Å². The minimum absolute atomic E-state index is 0.132. The Hall–Kier alpha value is -1.76. The zero-order chi connectivity index (χ0) is 14.0. The van der Waals surface area contributed by atoms with Crippen LogP contribution in [0.2, 0.25) is 0 Å². The van der Waals surface area contributed by atoms with Crippen molar-refractivity contribution in [2.45, 2.75) is 6.36 Å². The van der Waals surface area contributed by atoms with Gasteiger partial charge in [0.15, 0.2) is 12.0 Å². The van der Waals surface area contributed by atoms with Gasteiger partial charge in [0, 0.05) is 10.7 Å². The molecule has 1 aromatic heterocycles. The Morgan fingerprint density at radius 1 is 1.26 bits per heavy atom. The van der Waals surface area contributed by atoms with Crippen molar-refractivity contribution < 1.29 is 22.7 Å². The van der Waals surface area contributed by atoms with Crippen molar-refractivity contribution in [2.24, 2.45) is 0 Å². The second-order valence-electron chi connectivity index (χ2n) is 3.58. The molecule has 100 valence electrons. The van der Waals surface area contributed by atoms with Crippen LogP contribution in [0.25, 0.3) is 5.69 Å². The average Bonchev–Trinajstić information content (AvgIpc) is 2.75. The predicted octanol–water partition coefficient (Wildman–Crippen LogP) is 3.95. The molecule has 0 bridgehead atoms. The normalized spacial score (nSPS) is 11.4. The minimum Gasteiger partial charge on any atom is -0.404 e. The van der Waals surface area contributed by atoms with Gasteiger partial charge >= 0.3 is 6.36 Å². The molecular formula is C12H7BrF3NO2. The molecular weight excluding hydrogens is 327 g/mol. The fourth-order valence-corrected chi connectivity index (χ4v) is 1.94. The molecule has 0 unspecified atom stereocenters. The number of carbonyl (C=O) groups excluding carboxylic acids is 1. The SMILES string of the molecule is O=Cc1cccn1-c1ccc(Br)cc1OC(F)(F)F. The Morgan fingerprint density at radius 2 is 2.00 bits per heavy atom. The number of hydrogen-bond donors (Lipinski definition) is 0. The Morgan fingerprint density at radius 3 is 2.63 bits per heavy atom. The van der Waals surface area contributed by atoms with Gasteiger partial charge in [0.05, 0.1) is 11.4 Å². The highest BCUT2D eigenvalue weighted by atomic mass is 79.9. The van der Waals surface area contributed by atoms with E-state index in [0.717, 1.165) is 0 Å². The summed E-state index contributed by atoms with van der Waals surface area (Å²) in [5.41, 5.74) is 0.363. The summed E-state index contributed by atoms with van der Waals surface area (Å²) < 4.78 is 42.8. The zero-order valence-electron chi connectivity index (χ0n) is 9.32. The monoisotopic (exact) mass is 333 g/mol. The summed E-state index contributed by atoms with van der Waals surface area (Å²) in [6.07, 6.45) is -2.76. The van der Waals surface area contributed by atoms with Crippen LogP contribution in [0.5, 0.6) is 5.75 Å². The first-order valence-corrected chi connectivity index (χ1v) is 5.88. The highest BCUT2D eigenvalue weighted by Gasteiger charge is 2.32. The second kappa shape index (κ2) is 5.08. The molecule has 0 fully saturated rings. The first kappa shape index (κ1) is 13.7. The van der Waals surface area contributed by atoms with Crippen molar-refractivity contribution in [2.75, 3.05) is 0 Å². The van der Waals surface area contributed by atoms with Crippen molar-refractivity contribution in [3.05, 3.63) is 46.7 Å². The largest absolute Gasteiger partial charge is 0.573 e. The molecule has 0 aliphatic carbocycles. The van der Waals surface area contributed by atoms with Gasteiger partial charge < -0.3 is 9.30 Å². The van der Waals surface area contributed by atoms with E-state index in [1.165, 1.54) is 29.0 Å². The van der Waals surface area contributed by atoms with Crippen LogP contribution in [0.15, 0.2) is 41.0 Å². The highest BCUT2D eigenvalue weighted by Crippen LogP contribution is 2.32. The van der Waals surface area contributed by atoms with Gasteiger partial charge in [0.25, 0.3) is 0 Å². The number of aldehydes is 1. The number of rotatable bonds is 3. The quantitative estimate of drug-likeness (QED) is 0.796. The molecule has 1 heterocycles. The van der Waals surface area contributed by atoms with E-state index < -0.39 is 6.36 Å². The lowest BCUT2D eigenvalue weighted by Crippen LogP contribution is -2.18. The maximum absolute atomic E-state index is 12.4. The lowest BCUT2D eigenvalue weighted by molar-refractivity contribution is -0.274. The summed E-state index contributed by atoms with van der Waals surface area (Å²) in [7, 11) is 0. The van der Waals surface area contributed by atoms with E-state index in [9.17, 15) is 18.0 Å². The first-order valence-electron chi connectivity index (χ1n) is 5.09. The second-order valence-corrected chi connectivity index (χ2v) is 4.50. The number of carbonyl (C=O) groups is 1. The molecule has 0 spiro atoms. The summed E-state index contributed by atoms with van der Waals surface area (Å²) >= 11 is 3.08. The highest BCUT2D eigenvalue weighted by molar-refractivity contribution is 9.10. The van der Waals surface area contributed by atoms with Crippen LogP contribution in [0.4, 0.5) is 13.2 Å². The van der Waals surface area contributed by atoms with Gasteiger partial charge in [0.2, 0.25) is 0 Å². The van der Waals surface area contributed by atoms with Crippen LogP contribution in [-0.4, -0.2) is 17.2 Å². The van der Waals surface area contributed by atoms with E-state index >= 15 is 0 Å². The summed E-state index contributed by atoms with van der Waals surface area (Å²) in [6, 6.07) is 7.23. The van der Waals surface area contributed by atoms with Gasteiger partial charge in [-0.2, -0.15) is 0 Å². The Labute approximate surface area is 114 Å². The van der Waals surface area contributed by atoms with Gasteiger partial charge in [-0.05, 0) is 30.3 Å². The standard InChI is InChI=1S/C12H7BrF3NO2/c13-8-3-4-10(11(6-8)19-12(14,15)16)17-5-1-2-9(17)7-18/h1-7H. The molecule has 0 saturated carbocycles. The van der Waals surface area contributed by atoms with Crippen LogP contribution in [0.3, 0.4) is 0 Å². The molecule has 2 aromatic rings. The van der Waals surface area contributed by atoms with Crippen molar-refractivity contribution in [1.82, 2.24) is 4.57 Å². The van der Waals surface area contributed by atoms with E-state index in [4.69, 9.17) is 0 Å². The van der Waals surface area contributed by atoms with Crippen molar-refractivity contribution in [3.63, 3.8) is 0 Å². The van der Waals surface area contributed by atoms with Crippen molar-refractivity contribution in [3.8, 4) is 11.4 Å². The molecule has 0 amide bonds. The molecule has 19 heavy (non-hydrogen) atoms. The van der Waals surface area contributed by atoms with Gasteiger partial charge in [-0.1, -0.05) is 15.9 Å². The summed E-state index contributed by atoms with van der Waals surface area (Å²) in [4.78, 5) is 10.8. The number of hydrogen-bond acceptors (Lipinski definition) is 2. The Bertz CT molecular complexity index is 607. The van der Waals surface area contributed by atoms with Gasteiger partial charge in [-0.15, -0.1) is 13.2 Å². The molecule has 0 aliphatic heterocycles. The summed E-state index contributed by atoms with van der Waals surface area (Å²) in [5.74, 6) is -0.388. The zero-order valence-corrected chi connectivity index (χ0v) is 10.9. The lowest BCUT2D eigenvalue weighted by atomic mass is 10.3. The van der Waals surface area contributed by atoms with E-state index in [-0.39, 0.29) is 17.1 Å². The molecule has 0 saturated heterocycles. The fourth-order valence-electron chi connectivity index (χ4n) is 1.60. The molecule has 1 aromatic carbocycles. The Balaban J connectivity index is 2.54. The number of benzene rings is 1. The van der Waals surface area contributed by atoms with E-state index in [0.29, 0.717) is 10.8 Å². The van der Waals surface area contributed by atoms with Gasteiger partial charge in [-0.3, -0.25) is 4.79 Å². The van der Waals surface area contributed by atoms with E-state index in [1.54, 1.807) is 12.1 Å². The third-order valence-corrected chi connectivity index (χ3v) is 2.80. The van der Waals surface area contributed by atoms with Crippen LogP contribution in [-0.2, 0) is 0 Å². The maximum atomic E-state index is 12.4. The van der Waals surface area contributed by atoms with Crippen molar-refractivity contribution >= 4 is 22.2 Å². The van der Waals surface area contributed by atoms with Gasteiger partial charge in [0.1, 0.15) is 0 Å². The van der Waals surface area contributed by atoms with Crippen LogP contribution in [0.1, 0.15) is 10.5 Å². The minimum atomic E-state index is -4.80. The smallest absolute Gasteiger partial charge is 0.404 e. The number of halogens is 4. The number of alkyl halides is 3. The van der Waals surface area contributed by atoms with Crippen LogP contribution in [0, 0.1) is 0 Å². The topological polar surface area (TPSA) is 31.2 Å². The third-order valence-electron chi connectivity index (χ3n) is 2.31. The number of ether oxygens (including phenoxy) is 1. The summed E-state index contributed by atoms with van der Waals surface area (Å²) in [6.45, 7) is 0. The first-order chi connectivity index (χ1) is 8.90. The number of aromatic nitrogens is 1. The summed E-state index contributed by atoms with van der Waals surface area (Å²) in [5, 5.41) is 0. The Kier molecular flexibility index (Phi) is 3.66. The van der Waals surface area contributed by atoms with Crippen molar-refractivity contribution in [1.29, 1.82) is 0 Å². The average molecular weight is 334 g/mol. The molecule has 0 atom stereocenters. The predicted molar refractivity (Wildman–Crippen MR) is 65.5 cm³/mol. The molecule has 7 heteroatoms.